The predicted molar refractivity (Wildman–Crippen MR) is 61.4 cm³/mol. The average Bonchev–Trinajstić information content (AvgIpc) is 1.97. The van der Waals surface area contributed by atoms with E-state index in [9.17, 15) is 9.90 Å². The number of carbonyl (C=O) groups is 1. The highest BCUT2D eigenvalue weighted by atomic mass is 16.3. The summed E-state index contributed by atoms with van der Waals surface area (Å²) in [5, 5.41) is 12.6. The Morgan fingerprint density at radius 1 is 1.47 bits per heavy atom. The molecule has 0 saturated heterocycles. The Morgan fingerprint density at radius 2 is 2.00 bits per heavy atom. The van der Waals surface area contributed by atoms with Gasteiger partial charge in [-0.3, -0.25) is 4.79 Å². The van der Waals surface area contributed by atoms with E-state index in [0.29, 0.717) is 18.8 Å². The molecule has 0 aliphatic carbocycles. The van der Waals surface area contributed by atoms with Gasteiger partial charge < -0.3 is 16.2 Å². The Labute approximate surface area is 92.2 Å². The highest BCUT2D eigenvalue weighted by Gasteiger charge is 2.22. The Morgan fingerprint density at radius 3 is 2.40 bits per heavy atom. The Hall–Kier alpha value is -0.610. The minimum Gasteiger partial charge on any atom is -0.388 e. The first-order chi connectivity index (χ1) is 6.73. The minimum atomic E-state index is -0.832. The molecular weight excluding hydrogens is 192 g/mol. The van der Waals surface area contributed by atoms with Crippen LogP contribution in [0, 0.1) is 5.92 Å². The van der Waals surface area contributed by atoms with Gasteiger partial charge in [-0.05, 0) is 26.2 Å². The number of carbonyl (C=O) groups excluding carboxylic acids is 1. The van der Waals surface area contributed by atoms with Crippen molar-refractivity contribution in [2.75, 3.05) is 6.54 Å². The van der Waals surface area contributed by atoms with E-state index in [4.69, 9.17) is 5.73 Å². The largest absolute Gasteiger partial charge is 0.388 e. The molecule has 15 heavy (non-hydrogen) atoms. The zero-order valence-electron chi connectivity index (χ0n) is 10.2. The van der Waals surface area contributed by atoms with E-state index >= 15 is 0 Å². The van der Waals surface area contributed by atoms with Gasteiger partial charge in [-0.1, -0.05) is 13.8 Å². The van der Waals surface area contributed by atoms with Crippen molar-refractivity contribution in [1.29, 1.82) is 0 Å². The smallest absolute Gasteiger partial charge is 0.221 e. The quantitative estimate of drug-likeness (QED) is 0.610. The molecule has 90 valence electrons. The van der Waals surface area contributed by atoms with Gasteiger partial charge in [-0.2, -0.15) is 0 Å². The van der Waals surface area contributed by atoms with Crippen LogP contribution < -0.4 is 11.1 Å². The lowest BCUT2D eigenvalue weighted by Crippen LogP contribution is -2.42. The van der Waals surface area contributed by atoms with Crippen molar-refractivity contribution >= 4 is 5.91 Å². The van der Waals surface area contributed by atoms with Crippen molar-refractivity contribution in [3.63, 3.8) is 0 Å². The van der Waals surface area contributed by atoms with Gasteiger partial charge in [0.05, 0.1) is 5.60 Å². The van der Waals surface area contributed by atoms with Crippen LogP contribution in [-0.4, -0.2) is 29.2 Å². The fourth-order valence-corrected chi connectivity index (χ4v) is 1.61. The summed E-state index contributed by atoms with van der Waals surface area (Å²) in [6, 6.07) is -0.139. The van der Waals surface area contributed by atoms with E-state index in [1.54, 1.807) is 13.8 Å². The van der Waals surface area contributed by atoms with Crippen LogP contribution in [0.1, 0.15) is 40.5 Å². The fraction of sp³-hybridized carbons (Fsp3) is 0.909. The Bertz CT molecular complexity index is 201. The molecule has 2 unspecified atom stereocenters. The van der Waals surface area contributed by atoms with Crippen LogP contribution in [0.25, 0.3) is 0 Å². The second-order valence-electron chi connectivity index (χ2n) is 5.05. The number of amides is 1. The van der Waals surface area contributed by atoms with Gasteiger partial charge >= 0.3 is 0 Å². The standard InChI is InChI=1S/C11H24N2O2/c1-8(2)6-11(4,15)7-13-10(14)5-9(3)12/h8-9,15H,5-7,12H2,1-4H3,(H,13,14). The monoisotopic (exact) mass is 216 g/mol. The lowest BCUT2D eigenvalue weighted by atomic mass is 9.94. The zero-order chi connectivity index (χ0) is 12.1. The van der Waals surface area contributed by atoms with Gasteiger partial charge in [0.25, 0.3) is 0 Å². The third kappa shape index (κ3) is 8.39. The van der Waals surface area contributed by atoms with Crippen molar-refractivity contribution in [1.82, 2.24) is 5.32 Å². The van der Waals surface area contributed by atoms with Crippen LogP contribution in [0.2, 0.25) is 0 Å². The van der Waals surface area contributed by atoms with Crippen LogP contribution in [-0.2, 0) is 4.79 Å². The zero-order valence-corrected chi connectivity index (χ0v) is 10.2. The predicted octanol–water partition coefficient (Wildman–Crippen LogP) is 0.637. The first-order valence-electron chi connectivity index (χ1n) is 5.47. The van der Waals surface area contributed by atoms with Gasteiger partial charge in [0, 0.05) is 19.0 Å². The Kier molecular flexibility index (Phi) is 5.83. The summed E-state index contributed by atoms with van der Waals surface area (Å²) in [6.07, 6.45) is 0.975. The second-order valence-corrected chi connectivity index (χ2v) is 5.05. The lowest BCUT2D eigenvalue weighted by Gasteiger charge is -2.25. The molecule has 0 aromatic carbocycles. The highest BCUT2D eigenvalue weighted by molar-refractivity contribution is 5.76. The SMILES string of the molecule is CC(C)CC(C)(O)CNC(=O)CC(C)N. The third-order valence-electron chi connectivity index (χ3n) is 2.02. The van der Waals surface area contributed by atoms with E-state index in [2.05, 4.69) is 5.32 Å². The molecule has 0 heterocycles. The maximum Gasteiger partial charge on any atom is 0.221 e. The number of nitrogens with one attached hydrogen (secondary N) is 1. The van der Waals surface area contributed by atoms with Gasteiger partial charge in [0.2, 0.25) is 5.91 Å². The summed E-state index contributed by atoms with van der Waals surface area (Å²) in [7, 11) is 0. The molecule has 0 radical (unpaired) electrons. The first kappa shape index (κ1) is 14.4. The molecule has 0 aliphatic heterocycles. The van der Waals surface area contributed by atoms with E-state index in [1.807, 2.05) is 13.8 Å². The lowest BCUT2D eigenvalue weighted by molar-refractivity contribution is -0.122. The summed E-state index contributed by atoms with van der Waals surface area (Å²) >= 11 is 0. The average molecular weight is 216 g/mol. The molecule has 4 N–H and O–H groups in total. The van der Waals surface area contributed by atoms with E-state index in [1.165, 1.54) is 0 Å². The van der Waals surface area contributed by atoms with E-state index in [-0.39, 0.29) is 18.5 Å². The molecule has 0 aliphatic rings. The molecule has 0 aromatic heterocycles. The second kappa shape index (κ2) is 6.08. The molecule has 2 atom stereocenters. The molecule has 0 saturated carbocycles. The van der Waals surface area contributed by atoms with E-state index in [0.717, 1.165) is 0 Å². The van der Waals surface area contributed by atoms with Crippen LogP contribution in [0.4, 0.5) is 0 Å². The molecule has 0 rings (SSSR count). The van der Waals surface area contributed by atoms with Crippen molar-refractivity contribution in [3.8, 4) is 0 Å². The van der Waals surface area contributed by atoms with Crippen LogP contribution in [0.15, 0.2) is 0 Å². The molecule has 0 spiro atoms. The van der Waals surface area contributed by atoms with Gasteiger partial charge in [-0.15, -0.1) is 0 Å². The molecule has 0 bridgehead atoms. The van der Waals surface area contributed by atoms with Gasteiger partial charge in [-0.25, -0.2) is 0 Å². The number of hydrogen-bond acceptors (Lipinski definition) is 3. The van der Waals surface area contributed by atoms with E-state index < -0.39 is 5.60 Å². The number of nitrogens with two attached hydrogens (primary N) is 1. The fourth-order valence-electron chi connectivity index (χ4n) is 1.61. The number of rotatable bonds is 6. The van der Waals surface area contributed by atoms with Crippen molar-refractivity contribution in [2.45, 2.75) is 52.2 Å². The Balaban J connectivity index is 3.87. The molecule has 4 heteroatoms. The molecule has 1 amide bonds. The summed E-state index contributed by atoms with van der Waals surface area (Å²) < 4.78 is 0. The summed E-state index contributed by atoms with van der Waals surface area (Å²) in [5.74, 6) is 0.305. The maximum atomic E-state index is 11.3. The van der Waals surface area contributed by atoms with Crippen LogP contribution in [0.3, 0.4) is 0 Å². The van der Waals surface area contributed by atoms with Gasteiger partial charge in [0.15, 0.2) is 0 Å². The normalized spacial score (nSPS) is 17.3. The summed E-state index contributed by atoms with van der Waals surface area (Å²) in [6.45, 7) is 7.89. The topological polar surface area (TPSA) is 75.3 Å². The molecule has 4 nitrogen and oxygen atoms in total. The third-order valence-corrected chi connectivity index (χ3v) is 2.02. The maximum absolute atomic E-state index is 11.3. The molecule has 0 fully saturated rings. The minimum absolute atomic E-state index is 0.103. The van der Waals surface area contributed by atoms with Crippen molar-refractivity contribution < 1.29 is 9.90 Å². The molecule has 0 aromatic rings. The van der Waals surface area contributed by atoms with Crippen molar-refractivity contribution in [2.24, 2.45) is 11.7 Å². The summed E-state index contributed by atoms with van der Waals surface area (Å²) in [5.41, 5.74) is 4.66. The summed E-state index contributed by atoms with van der Waals surface area (Å²) in [4.78, 5) is 11.3. The highest BCUT2D eigenvalue weighted by Crippen LogP contribution is 2.14. The number of aliphatic hydroxyl groups is 1. The molecular formula is C11H24N2O2. The first-order valence-corrected chi connectivity index (χ1v) is 5.47. The van der Waals surface area contributed by atoms with Crippen LogP contribution >= 0.6 is 0 Å². The van der Waals surface area contributed by atoms with Crippen molar-refractivity contribution in [3.05, 3.63) is 0 Å². The van der Waals surface area contributed by atoms with Crippen LogP contribution in [0.5, 0.6) is 0 Å². The number of hydrogen-bond donors (Lipinski definition) is 3. The van der Waals surface area contributed by atoms with Gasteiger partial charge in [0.1, 0.15) is 0 Å².